The number of nitrogens with zero attached hydrogens (tertiary/aromatic N) is 2. The molecule has 1 aromatic carbocycles. The van der Waals surface area contributed by atoms with Crippen molar-refractivity contribution in [1.29, 1.82) is 0 Å². The largest absolute Gasteiger partial charge is 0.432 e. The highest BCUT2D eigenvalue weighted by Gasteiger charge is 2.17. The first-order valence-corrected chi connectivity index (χ1v) is 5.80. The van der Waals surface area contributed by atoms with Crippen molar-refractivity contribution in [1.82, 2.24) is 4.98 Å². The van der Waals surface area contributed by atoms with Crippen molar-refractivity contribution in [2.75, 3.05) is 0 Å². The third kappa shape index (κ3) is 3.07. The molecule has 20 heavy (non-hydrogen) atoms. The van der Waals surface area contributed by atoms with Crippen molar-refractivity contribution in [2.24, 2.45) is 5.73 Å². The topological polar surface area (TPSA) is 91.3 Å². The molecular formula is C13H12FN3O3. The summed E-state index contributed by atoms with van der Waals surface area (Å²) >= 11 is 0. The number of nitro benzene ring substituents is 1. The van der Waals surface area contributed by atoms with Crippen LogP contribution < -0.4 is 10.5 Å². The number of pyridine rings is 1. The predicted octanol–water partition coefficient (Wildman–Crippen LogP) is 2.94. The fourth-order valence-electron chi connectivity index (χ4n) is 1.60. The van der Waals surface area contributed by atoms with Gasteiger partial charge < -0.3 is 10.5 Å². The second-order valence-electron chi connectivity index (χ2n) is 4.19. The van der Waals surface area contributed by atoms with E-state index in [9.17, 15) is 14.5 Å². The third-order valence-electron chi connectivity index (χ3n) is 2.62. The number of nitro groups is 1. The van der Waals surface area contributed by atoms with Gasteiger partial charge in [0.1, 0.15) is 5.82 Å². The van der Waals surface area contributed by atoms with Crippen molar-refractivity contribution in [3.8, 4) is 11.6 Å². The van der Waals surface area contributed by atoms with Gasteiger partial charge in [-0.15, -0.1) is 0 Å². The molecule has 7 heteroatoms. The summed E-state index contributed by atoms with van der Waals surface area (Å²) in [4.78, 5) is 14.1. The van der Waals surface area contributed by atoms with E-state index in [1.54, 1.807) is 19.1 Å². The molecule has 0 spiro atoms. The van der Waals surface area contributed by atoms with Gasteiger partial charge in [0.25, 0.3) is 0 Å². The lowest BCUT2D eigenvalue weighted by Crippen LogP contribution is -2.05. The van der Waals surface area contributed by atoms with Crippen molar-refractivity contribution >= 4 is 5.69 Å². The summed E-state index contributed by atoms with van der Waals surface area (Å²) in [7, 11) is 0. The third-order valence-corrected chi connectivity index (χ3v) is 2.62. The molecule has 0 unspecified atom stereocenters. The van der Waals surface area contributed by atoms with Crippen LogP contribution in [0.4, 0.5) is 10.1 Å². The second kappa shape index (κ2) is 5.62. The van der Waals surface area contributed by atoms with Gasteiger partial charge in [-0.1, -0.05) is 0 Å². The molecule has 0 aliphatic carbocycles. The minimum atomic E-state index is -0.649. The Morgan fingerprint density at radius 2 is 2.15 bits per heavy atom. The molecule has 0 bridgehead atoms. The van der Waals surface area contributed by atoms with Crippen molar-refractivity contribution in [2.45, 2.75) is 13.0 Å². The molecule has 0 radical (unpaired) electrons. The smallest absolute Gasteiger partial charge is 0.311 e. The van der Waals surface area contributed by atoms with E-state index in [0.29, 0.717) is 0 Å². The van der Waals surface area contributed by atoms with Gasteiger partial charge in [0.15, 0.2) is 0 Å². The molecule has 1 atom stereocenters. The average Bonchev–Trinajstić information content (AvgIpc) is 2.38. The van der Waals surface area contributed by atoms with Gasteiger partial charge in [0.05, 0.1) is 4.92 Å². The standard InChI is InChI=1S/C13H12FN3O3/c1-8(15)9-4-5-16-13(6-9)20-12-7-10(14)2-3-11(12)17(18)19/h2-8H,15H2,1H3/t8-/m0/s1. The van der Waals surface area contributed by atoms with Crippen LogP contribution in [0, 0.1) is 15.9 Å². The Bertz CT molecular complexity index is 647. The summed E-state index contributed by atoms with van der Waals surface area (Å²) < 4.78 is 18.5. The van der Waals surface area contributed by atoms with E-state index in [1.165, 1.54) is 6.20 Å². The summed E-state index contributed by atoms with van der Waals surface area (Å²) in [5, 5.41) is 10.9. The lowest BCUT2D eigenvalue weighted by atomic mass is 10.1. The van der Waals surface area contributed by atoms with Crippen molar-refractivity contribution in [3.05, 3.63) is 58.0 Å². The van der Waals surface area contributed by atoms with E-state index in [2.05, 4.69) is 4.98 Å². The van der Waals surface area contributed by atoms with Gasteiger partial charge in [-0.05, 0) is 24.6 Å². The Hall–Kier alpha value is -2.54. The lowest BCUT2D eigenvalue weighted by Gasteiger charge is -2.09. The van der Waals surface area contributed by atoms with Crippen LogP contribution in [0.3, 0.4) is 0 Å². The highest BCUT2D eigenvalue weighted by atomic mass is 19.1. The molecule has 1 aromatic heterocycles. The molecular weight excluding hydrogens is 265 g/mol. The van der Waals surface area contributed by atoms with E-state index < -0.39 is 10.7 Å². The van der Waals surface area contributed by atoms with Crippen molar-refractivity contribution in [3.63, 3.8) is 0 Å². The number of rotatable bonds is 4. The molecule has 2 N–H and O–H groups in total. The normalized spacial score (nSPS) is 11.9. The number of aromatic nitrogens is 1. The molecule has 0 amide bonds. The van der Waals surface area contributed by atoms with E-state index in [4.69, 9.17) is 10.5 Å². The van der Waals surface area contributed by atoms with Crippen LogP contribution in [0.2, 0.25) is 0 Å². The zero-order valence-corrected chi connectivity index (χ0v) is 10.6. The Morgan fingerprint density at radius 3 is 2.80 bits per heavy atom. The van der Waals surface area contributed by atoms with Gasteiger partial charge in [-0.25, -0.2) is 9.37 Å². The van der Waals surface area contributed by atoms with Gasteiger partial charge >= 0.3 is 5.69 Å². The molecule has 0 saturated heterocycles. The van der Waals surface area contributed by atoms with Crippen LogP contribution in [0.1, 0.15) is 18.5 Å². The highest BCUT2D eigenvalue weighted by molar-refractivity contribution is 5.48. The minimum Gasteiger partial charge on any atom is -0.432 e. The van der Waals surface area contributed by atoms with Gasteiger partial charge in [0, 0.05) is 30.4 Å². The number of halogens is 1. The zero-order valence-electron chi connectivity index (χ0n) is 10.6. The molecule has 0 aliphatic rings. The Balaban J connectivity index is 2.36. The number of nitrogens with two attached hydrogens (primary N) is 1. The molecule has 104 valence electrons. The molecule has 1 heterocycles. The maximum absolute atomic E-state index is 13.2. The van der Waals surface area contributed by atoms with Gasteiger partial charge in [0.2, 0.25) is 11.6 Å². The SMILES string of the molecule is C[C@H](N)c1ccnc(Oc2cc(F)ccc2[N+](=O)[O-])c1. The van der Waals surface area contributed by atoms with Crippen LogP contribution in [-0.2, 0) is 0 Å². The number of benzene rings is 1. The average molecular weight is 277 g/mol. The van der Waals surface area contributed by atoms with Crippen LogP contribution in [0.5, 0.6) is 11.6 Å². The molecule has 0 aliphatic heterocycles. The highest BCUT2D eigenvalue weighted by Crippen LogP contribution is 2.31. The first kappa shape index (κ1) is 13.9. The fraction of sp³-hybridized carbons (Fsp3) is 0.154. The summed E-state index contributed by atoms with van der Waals surface area (Å²) in [6.07, 6.45) is 1.47. The van der Waals surface area contributed by atoms with Gasteiger partial charge in [-0.2, -0.15) is 0 Å². The molecule has 6 nitrogen and oxygen atoms in total. The Labute approximate surface area is 114 Å². The van der Waals surface area contributed by atoms with Crippen LogP contribution in [0.25, 0.3) is 0 Å². The second-order valence-corrected chi connectivity index (χ2v) is 4.19. The number of ether oxygens (including phenoxy) is 1. The number of hydrogen-bond acceptors (Lipinski definition) is 5. The lowest BCUT2D eigenvalue weighted by molar-refractivity contribution is -0.385. The van der Waals surface area contributed by atoms with E-state index >= 15 is 0 Å². The minimum absolute atomic E-state index is 0.119. The molecule has 2 aromatic rings. The summed E-state index contributed by atoms with van der Waals surface area (Å²) in [6, 6.07) is 6.01. The Morgan fingerprint density at radius 1 is 1.40 bits per heavy atom. The molecule has 0 fully saturated rings. The Kier molecular flexibility index (Phi) is 3.90. The first-order chi connectivity index (χ1) is 9.47. The first-order valence-electron chi connectivity index (χ1n) is 5.80. The van der Waals surface area contributed by atoms with Crippen LogP contribution >= 0.6 is 0 Å². The monoisotopic (exact) mass is 277 g/mol. The summed E-state index contributed by atoms with van der Waals surface area (Å²) in [6.45, 7) is 1.78. The van der Waals surface area contributed by atoms with Gasteiger partial charge in [-0.3, -0.25) is 10.1 Å². The van der Waals surface area contributed by atoms with E-state index in [1.807, 2.05) is 0 Å². The fourth-order valence-corrected chi connectivity index (χ4v) is 1.60. The maximum Gasteiger partial charge on any atom is 0.311 e. The quantitative estimate of drug-likeness (QED) is 0.685. The maximum atomic E-state index is 13.2. The van der Waals surface area contributed by atoms with Crippen LogP contribution in [0.15, 0.2) is 36.5 Å². The van der Waals surface area contributed by atoms with Crippen LogP contribution in [-0.4, -0.2) is 9.91 Å². The number of hydrogen-bond donors (Lipinski definition) is 1. The van der Waals surface area contributed by atoms with Crippen molar-refractivity contribution < 1.29 is 14.1 Å². The van der Waals surface area contributed by atoms with E-state index in [-0.39, 0.29) is 23.4 Å². The summed E-state index contributed by atoms with van der Waals surface area (Å²) in [5.41, 5.74) is 6.15. The molecule has 0 saturated carbocycles. The summed E-state index contributed by atoms with van der Waals surface area (Å²) in [5.74, 6) is -0.716. The molecule has 2 rings (SSSR count). The van der Waals surface area contributed by atoms with E-state index in [0.717, 1.165) is 23.8 Å². The predicted molar refractivity (Wildman–Crippen MR) is 70.0 cm³/mol. The zero-order chi connectivity index (χ0) is 14.7.